The molecule has 5 nitrogen and oxygen atoms in total. The number of benzene rings is 1. The molecule has 0 saturated carbocycles. The van der Waals surface area contributed by atoms with Crippen molar-refractivity contribution in [3.05, 3.63) is 34.6 Å². The number of likely N-dealkylation sites (N-methyl/N-ethyl adjacent to an activating group) is 1. The minimum atomic E-state index is -0.271. The molecule has 2 rings (SSSR count). The summed E-state index contributed by atoms with van der Waals surface area (Å²) in [4.78, 5) is 6.32. The summed E-state index contributed by atoms with van der Waals surface area (Å²) in [6, 6.07) is 5.29. The molecule has 1 heterocycles. The van der Waals surface area contributed by atoms with E-state index in [0.29, 0.717) is 23.3 Å². The van der Waals surface area contributed by atoms with Crippen molar-refractivity contribution in [3.63, 3.8) is 0 Å². The van der Waals surface area contributed by atoms with Gasteiger partial charge in [-0.25, -0.2) is 0 Å². The van der Waals surface area contributed by atoms with Crippen LogP contribution in [0.2, 0.25) is 5.02 Å². The van der Waals surface area contributed by atoms with Crippen LogP contribution in [-0.2, 0) is 0 Å². The summed E-state index contributed by atoms with van der Waals surface area (Å²) in [6.45, 7) is 2.63. The minimum absolute atomic E-state index is 0.271. The van der Waals surface area contributed by atoms with Crippen molar-refractivity contribution in [3.8, 4) is 11.5 Å². The van der Waals surface area contributed by atoms with Gasteiger partial charge in [-0.1, -0.05) is 22.8 Å². The van der Waals surface area contributed by atoms with Gasteiger partial charge < -0.3 is 15.2 Å². The highest BCUT2D eigenvalue weighted by atomic mass is 35.5. The molecular weight excluding hydrogens is 264 g/mol. The first kappa shape index (κ1) is 14.0. The molecule has 0 radical (unpaired) electrons. The van der Waals surface area contributed by atoms with Gasteiger partial charge in [0.1, 0.15) is 0 Å². The van der Waals surface area contributed by atoms with E-state index in [1.165, 1.54) is 0 Å². The molecule has 2 N–H and O–H groups in total. The molecular formula is C13H17ClN4O. The van der Waals surface area contributed by atoms with Crippen LogP contribution in [0.4, 0.5) is 0 Å². The molecule has 1 atom stereocenters. The average Bonchev–Trinajstić information content (AvgIpc) is 2.80. The van der Waals surface area contributed by atoms with E-state index in [2.05, 4.69) is 10.1 Å². The molecule has 0 aliphatic carbocycles. The average molecular weight is 281 g/mol. The van der Waals surface area contributed by atoms with Crippen LogP contribution >= 0.6 is 11.6 Å². The highest BCUT2D eigenvalue weighted by molar-refractivity contribution is 6.30. The lowest BCUT2D eigenvalue weighted by Crippen LogP contribution is -2.26. The Morgan fingerprint density at radius 1 is 1.42 bits per heavy atom. The van der Waals surface area contributed by atoms with Crippen LogP contribution in [0.5, 0.6) is 0 Å². The van der Waals surface area contributed by atoms with Crippen molar-refractivity contribution >= 4 is 11.6 Å². The molecule has 6 heteroatoms. The molecule has 0 amide bonds. The van der Waals surface area contributed by atoms with Gasteiger partial charge in [0.15, 0.2) is 5.82 Å². The first-order valence-corrected chi connectivity index (χ1v) is 6.35. The Labute approximate surface area is 117 Å². The zero-order chi connectivity index (χ0) is 14.0. The SMILES string of the molecule is Cc1ccc(Cl)cc1-c1nc(C(N)CN(C)C)no1. The molecule has 0 spiro atoms. The largest absolute Gasteiger partial charge is 0.334 e. The second-order valence-corrected chi connectivity index (χ2v) is 5.22. The van der Waals surface area contributed by atoms with E-state index >= 15 is 0 Å². The number of nitrogens with zero attached hydrogens (tertiary/aromatic N) is 3. The van der Waals surface area contributed by atoms with E-state index in [4.69, 9.17) is 21.9 Å². The van der Waals surface area contributed by atoms with E-state index in [-0.39, 0.29) is 6.04 Å². The molecule has 0 aliphatic rings. The van der Waals surface area contributed by atoms with Crippen LogP contribution in [0, 0.1) is 6.92 Å². The van der Waals surface area contributed by atoms with Crippen LogP contribution in [0.15, 0.2) is 22.7 Å². The van der Waals surface area contributed by atoms with Crippen molar-refractivity contribution in [2.24, 2.45) is 5.73 Å². The molecule has 1 unspecified atom stereocenters. The van der Waals surface area contributed by atoms with Gasteiger partial charge in [0.05, 0.1) is 6.04 Å². The zero-order valence-corrected chi connectivity index (χ0v) is 12.0. The van der Waals surface area contributed by atoms with Gasteiger partial charge in [0.2, 0.25) is 0 Å². The third-order valence-electron chi connectivity index (χ3n) is 2.77. The summed E-state index contributed by atoms with van der Waals surface area (Å²) in [7, 11) is 3.89. The van der Waals surface area contributed by atoms with Crippen molar-refractivity contribution in [2.45, 2.75) is 13.0 Å². The Morgan fingerprint density at radius 2 is 2.16 bits per heavy atom. The monoisotopic (exact) mass is 280 g/mol. The van der Waals surface area contributed by atoms with Gasteiger partial charge >= 0.3 is 0 Å². The number of aromatic nitrogens is 2. The molecule has 0 aliphatic heterocycles. The fourth-order valence-corrected chi connectivity index (χ4v) is 1.97. The van der Waals surface area contributed by atoms with Gasteiger partial charge in [0, 0.05) is 17.1 Å². The summed E-state index contributed by atoms with van der Waals surface area (Å²) in [5, 5.41) is 4.57. The van der Waals surface area contributed by atoms with Gasteiger partial charge in [-0.3, -0.25) is 0 Å². The molecule has 1 aromatic carbocycles. The second kappa shape index (κ2) is 5.69. The van der Waals surface area contributed by atoms with Gasteiger partial charge in [0.25, 0.3) is 5.89 Å². The summed E-state index contributed by atoms with van der Waals surface area (Å²) in [6.07, 6.45) is 0. The number of rotatable bonds is 4. The number of nitrogens with two attached hydrogens (primary N) is 1. The third kappa shape index (κ3) is 3.32. The lowest BCUT2D eigenvalue weighted by atomic mass is 10.1. The van der Waals surface area contributed by atoms with Crippen molar-refractivity contribution < 1.29 is 4.52 Å². The zero-order valence-electron chi connectivity index (χ0n) is 11.2. The number of aryl methyl sites for hydroxylation is 1. The number of hydrogen-bond acceptors (Lipinski definition) is 5. The smallest absolute Gasteiger partial charge is 0.258 e. The maximum Gasteiger partial charge on any atom is 0.258 e. The summed E-state index contributed by atoms with van der Waals surface area (Å²) in [5.41, 5.74) is 7.87. The number of hydrogen-bond donors (Lipinski definition) is 1. The molecule has 2 aromatic rings. The topological polar surface area (TPSA) is 68.2 Å². The number of halogens is 1. The summed E-state index contributed by atoms with van der Waals surface area (Å²) < 4.78 is 5.27. The standard InChI is InChI=1S/C13H17ClN4O/c1-8-4-5-9(14)6-10(8)13-16-12(17-19-13)11(15)7-18(2)3/h4-6,11H,7,15H2,1-3H3. The second-order valence-electron chi connectivity index (χ2n) is 4.79. The lowest BCUT2D eigenvalue weighted by Gasteiger charge is -2.12. The highest BCUT2D eigenvalue weighted by Crippen LogP contribution is 2.25. The molecule has 0 saturated heterocycles. The minimum Gasteiger partial charge on any atom is -0.334 e. The maximum atomic E-state index is 6.00. The predicted octanol–water partition coefficient (Wildman–Crippen LogP) is 2.26. The maximum absolute atomic E-state index is 6.00. The Balaban J connectivity index is 2.28. The van der Waals surface area contributed by atoms with E-state index in [0.717, 1.165) is 11.1 Å². The van der Waals surface area contributed by atoms with E-state index < -0.39 is 0 Å². The first-order valence-electron chi connectivity index (χ1n) is 5.98. The van der Waals surface area contributed by atoms with Gasteiger partial charge in [-0.15, -0.1) is 0 Å². The third-order valence-corrected chi connectivity index (χ3v) is 3.00. The van der Waals surface area contributed by atoms with Crippen molar-refractivity contribution in [1.82, 2.24) is 15.0 Å². The van der Waals surface area contributed by atoms with E-state index in [9.17, 15) is 0 Å². The Bertz CT molecular complexity index is 568. The predicted molar refractivity (Wildman–Crippen MR) is 75.0 cm³/mol. The van der Waals surface area contributed by atoms with Crippen molar-refractivity contribution in [2.75, 3.05) is 20.6 Å². The van der Waals surface area contributed by atoms with Crippen LogP contribution in [-0.4, -0.2) is 35.7 Å². The van der Waals surface area contributed by atoms with Crippen molar-refractivity contribution in [1.29, 1.82) is 0 Å². The van der Waals surface area contributed by atoms with Crippen LogP contribution in [0.25, 0.3) is 11.5 Å². The van der Waals surface area contributed by atoms with Gasteiger partial charge in [-0.05, 0) is 38.7 Å². The van der Waals surface area contributed by atoms with E-state index in [1.807, 2.05) is 44.1 Å². The molecule has 0 fully saturated rings. The quantitative estimate of drug-likeness (QED) is 0.930. The van der Waals surface area contributed by atoms with Crippen LogP contribution in [0.3, 0.4) is 0 Å². The molecule has 102 valence electrons. The molecule has 1 aromatic heterocycles. The normalized spacial score (nSPS) is 12.9. The van der Waals surface area contributed by atoms with Gasteiger partial charge in [-0.2, -0.15) is 4.98 Å². The Morgan fingerprint density at radius 3 is 2.84 bits per heavy atom. The first-order chi connectivity index (χ1) is 8.97. The fourth-order valence-electron chi connectivity index (χ4n) is 1.79. The Hall–Kier alpha value is -1.43. The Kier molecular flexibility index (Phi) is 4.19. The van der Waals surface area contributed by atoms with Crippen LogP contribution < -0.4 is 5.73 Å². The van der Waals surface area contributed by atoms with E-state index in [1.54, 1.807) is 0 Å². The summed E-state index contributed by atoms with van der Waals surface area (Å²) >= 11 is 5.98. The summed E-state index contributed by atoms with van der Waals surface area (Å²) in [5.74, 6) is 0.951. The molecule has 0 bridgehead atoms. The molecule has 19 heavy (non-hydrogen) atoms. The highest BCUT2D eigenvalue weighted by Gasteiger charge is 2.17. The fraction of sp³-hybridized carbons (Fsp3) is 0.385. The van der Waals surface area contributed by atoms with Crippen LogP contribution in [0.1, 0.15) is 17.4 Å². The lowest BCUT2D eigenvalue weighted by molar-refractivity contribution is 0.357.